The number of fused-ring (bicyclic) bond motifs is 1. The van der Waals surface area contributed by atoms with Gasteiger partial charge in [0.15, 0.2) is 6.10 Å². The molecule has 0 spiro atoms. The van der Waals surface area contributed by atoms with Crippen molar-refractivity contribution in [2.24, 2.45) is 0 Å². The Morgan fingerprint density at radius 3 is 2.49 bits per heavy atom. The predicted octanol–water partition coefficient (Wildman–Crippen LogP) is 4.69. The minimum Gasteiger partial charge on any atom is -0.479 e. The summed E-state index contributed by atoms with van der Waals surface area (Å²) in [5.41, 5.74) is 2.18. The van der Waals surface area contributed by atoms with Crippen LogP contribution in [0.4, 0.5) is 11.4 Å². The zero-order valence-corrected chi connectivity index (χ0v) is 21.8. The molecule has 0 saturated carbocycles. The molecule has 8 nitrogen and oxygen atoms in total. The first-order chi connectivity index (χ1) is 17.7. The first kappa shape index (κ1) is 25.3. The van der Waals surface area contributed by atoms with Crippen LogP contribution >= 0.6 is 11.6 Å². The van der Waals surface area contributed by atoms with Gasteiger partial charge in [0.25, 0.3) is 11.8 Å². The first-order valence-corrected chi connectivity index (χ1v) is 13.8. The fourth-order valence-corrected chi connectivity index (χ4v) is 6.25. The average Bonchev–Trinajstić information content (AvgIpc) is 3.43. The summed E-state index contributed by atoms with van der Waals surface area (Å²) in [6, 6.07) is 18.3. The van der Waals surface area contributed by atoms with Gasteiger partial charge in [-0.05, 0) is 79.9 Å². The third-order valence-electron chi connectivity index (χ3n) is 6.47. The lowest BCUT2D eigenvalue weighted by atomic mass is 10.1. The number of hydrogen-bond acceptors (Lipinski definition) is 5. The maximum absolute atomic E-state index is 13.0. The second kappa shape index (κ2) is 10.2. The molecule has 1 atom stereocenters. The highest BCUT2D eigenvalue weighted by Gasteiger charge is 2.32. The third kappa shape index (κ3) is 5.20. The van der Waals surface area contributed by atoms with Gasteiger partial charge in [-0.15, -0.1) is 0 Å². The van der Waals surface area contributed by atoms with Crippen molar-refractivity contribution in [2.45, 2.75) is 37.3 Å². The molecule has 5 rings (SSSR count). The van der Waals surface area contributed by atoms with Crippen molar-refractivity contribution >= 4 is 44.8 Å². The molecule has 3 aromatic carbocycles. The summed E-state index contributed by atoms with van der Waals surface area (Å²) in [4.78, 5) is 27.7. The molecule has 1 N–H and O–H groups in total. The van der Waals surface area contributed by atoms with Gasteiger partial charge >= 0.3 is 0 Å². The van der Waals surface area contributed by atoms with Crippen molar-refractivity contribution in [3.63, 3.8) is 0 Å². The van der Waals surface area contributed by atoms with E-state index in [-0.39, 0.29) is 10.8 Å². The number of benzene rings is 3. The normalized spacial score (nSPS) is 17.8. The third-order valence-corrected chi connectivity index (χ3v) is 8.62. The van der Waals surface area contributed by atoms with Gasteiger partial charge in [0.1, 0.15) is 5.75 Å². The number of rotatable bonds is 6. The Morgan fingerprint density at radius 2 is 1.78 bits per heavy atom. The summed E-state index contributed by atoms with van der Waals surface area (Å²) in [5, 5.41) is 3.40. The first-order valence-electron chi connectivity index (χ1n) is 12.0. The van der Waals surface area contributed by atoms with Crippen molar-refractivity contribution in [3.05, 3.63) is 82.9 Å². The molecule has 0 bridgehead atoms. The maximum atomic E-state index is 13.0. The van der Waals surface area contributed by atoms with Crippen LogP contribution in [0.3, 0.4) is 0 Å². The van der Waals surface area contributed by atoms with E-state index < -0.39 is 22.0 Å². The maximum Gasteiger partial charge on any atom is 0.268 e. The van der Waals surface area contributed by atoms with Crippen LogP contribution < -0.4 is 15.0 Å². The summed E-state index contributed by atoms with van der Waals surface area (Å²) < 4.78 is 32.7. The lowest BCUT2D eigenvalue weighted by Gasteiger charge is -2.33. The van der Waals surface area contributed by atoms with Crippen molar-refractivity contribution in [3.8, 4) is 5.75 Å². The lowest BCUT2D eigenvalue weighted by molar-refractivity contribution is -0.125. The number of anilines is 2. The van der Waals surface area contributed by atoms with E-state index in [0.29, 0.717) is 47.3 Å². The fraction of sp³-hybridized carbons (Fsp3) is 0.259. The summed E-state index contributed by atoms with van der Waals surface area (Å²) in [6.45, 7) is 3.02. The molecule has 2 amide bonds. The van der Waals surface area contributed by atoms with E-state index in [1.54, 1.807) is 42.2 Å². The Labute approximate surface area is 220 Å². The van der Waals surface area contributed by atoms with Crippen molar-refractivity contribution < 1.29 is 22.7 Å². The molecular weight excluding hydrogens is 514 g/mol. The summed E-state index contributed by atoms with van der Waals surface area (Å²) in [7, 11) is -3.55. The quantitative estimate of drug-likeness (QED) is 0.490. The molecule has 2 aliphatic heterocycles. The van der Waals surface area contributed by atoms with Crippen LogP contribution in [0.1, 0.15) is 35.7 Å². The van der Waals surface area contributed by atoms with E-state index in [2.05, 4.69) is 5.32 Å². The number of nitrogens with zero attached hydrogens (tertiary/aromatic N) is 2. The lowest BCUT2D eigenvalue weighted by Crippen LogP contribution is -2.44. The number of sulfonamides is 1. The molecule has 1 unspecified atom stereocenters. The van der Waals surface area contributed by atoms with E-state index >= 15 is 0 Å². The molecule has 0 aromatic heterocycles. The monoisotopic (exact) mass is 539 g/mol. The Bertz CT molecular complexity index is 1450. The highest BCUT2D eigenvalue weighted by Crippen LogP contribution is 2.37. The van der Waals surface area contributed by atoms with E-state index in [0.717, 1.165) is 18.4 Å². The molecule has 10 heteroatoms. The topological polar surface area (TPSA) is 96.0 Å². The summed E-state index contributed by atoms with van der Waals surface area (Å²) in [5.74, 6) is -0.0720. The zero-order chi connectivity index (χ0) is 26.2. The number of carbonyl (C=O) groups is 2. The van der Waals surface area contributed by atoms with E-state index in [9.17, 15) is 18.0 Å². The Hall–Kier alpha value is -3.40. The van der Waals surface area contributed by atoms with Gasteiger partial charge < -0.3 is 15.0 Å². The zero-order valence-electron chi connectivity index (χ0n) is 20.2. The number of ether oxygens (including phenoxy) is 1. The van der Waals surface area contributed by atoms with Gasteiger partial charge in [0.05, 0.1) is 17.1 Å². The number of carbonyl (C=O) groups excluding carboxylic acids is 2. The minimum atomic E-state index is -3.55. The molecule has 0 aliphatic carbocycles. The molecule has 0 radical (unpaired) electrons. The number of hydrogen-bond donors (Lipinski definition) is 1. The van der Waals surface area contributed by atoms with E-state index in [1.165, 1.54) is 28.6 Å². The van der Waals surface area contributed by atoms with E-state index in [4.69, 9.17) is 16.3 Å². The Morgan fingerprint density at radius 1 is 1.05 bits per heavy atom. The highest BCUT2D eigenvalue weighted by molar-refractivity contribution is 7.89. The number of amides is 2. The smallest absolute Gasteiger partial charge is 0.268 e. The van der Waals surface area contributed by atoms with Gasteiger partial charge in [-0.1, -0.05) is 23.7 Å². The second-order valence-corrected chi connectivity index (χ2v) is 11.5. The molecular formula is C27H26ClN3O5S. The standard InChI is InChI=1S/C27H26ClN3O5S/c1-18-27(33)31(17-19-5-4-6-21(28)15-19)24-16-22(9-12-25(24)36-18)29-26(32)20-7-10-23(11-8-20)37(34,35)30-13-2-3-14-30/h4-12,15-16,18H,2-3,13-14,17H2,1H3,(H,29,32). The van der Waals surface area contributed by atoms with Gasteiger partial charge in [0, 0.05) is 29.4 Å². The van der Waals surface area contributed by atoms with Gasteiger partial charge in [-0.2, -0.15) is 4.31 Å². The van der Waals surface area contributed by atoms with Crippen LogP contribution in [0, 0.1) is 0 Å². The largest absolute Gasteiger partial charge is 0.479 e. The summed E-state index contributed by atoms with van der Waals surface area (Å²) in [6.07, 6.45) is 1.06. The van der Waals surface area contributed by atoms with Gasteiger partial charge in [-0.3, -0.25) is 9.59 Å². The van der Waals surface area contributed by atoms with Crippen LogP contribution in [0.2, 0.25) is 5.02 Å². The highest BCUT2D eigenvalue weighted by atomic mass is 35.5. The fourth-order valence-electron chi connectivity index (χ4n) is 4.52. The van der Waals surface area contributed by atoms with E-state index in [1.807, 2.05) is 12.1 Å². The molecule has 37 heavy (non-hydrogen) atoms. The van der Waals surface area contributed by atoms with Crippen molar-refractivity contribution in [1.29, 1.82) is 0 Å². The summed E-state index contributed by atoms with van der Waals surface area (Å²) >= 11 is 6.12. The molecule has 1 fully saturated rings. The predicted molar refractivity (Wildman–Crippen MR) is 142 cm³/mol. The average molecular weight is 540 g/mol. The van der Waals surface area contributed by atoms with Gasteiger partial charge in [-0.25, -0.2) is 8.42 Å². The number of nitrogens with one attached hydrogen (secondary N) is 1. The molecule has 2 aliphatic rings. The minimum absolute atomic E-state index is 0.168. The SMILES string of the molecule is CC1Oc2ccc(NC(=O)c3ccc(S(=O)(=O)N4CCCC4)cc3)cc2N(Cc2cccc(Cl)c2)C1=O. The van der Waals surface area contributed by atoms with Crippen LogP contribution in [-0.2, 0) is 21.4 Å². The molecule has 3 aromatic rings. The van der Waals surface area contributed by atoms with Crippen LogP contribution in [0.15, 0.2) is 71.6 Å². The Kier molecular flexibility index (Phi) is 6.94. The Balaban J connectivity index is 1.35. The van der Waals surface area contributed by atoms with Crippen molar-refractivity contribution in [2.75, 3.05) is 23.3 Å². The molecule has 2 heterocycles. The van der Waals surface area contributed by atoms with Gasteiger partial charge in [0.2, 0.25) is 10.0 Å². The molecule has 1 saturated heterocycles. The number of halogens is 1. The van der Waals surface area contributed by atoms with Crippen LogP contribution in [0.5, 0.6) is 5.75 Å². The van der Waals surface area contributed by atoms with Crippen LogP contribution in [-0.4, -0.2) is 43.7 Å². The molecule has 192 valence electrons. The van der Waals surface area contributed by atoms with Crippen molar-refractivity contribution in [1.82, 2.24) is 4.31 Å². The van der Waals surface area contributed by atoms with Crippen LogP contribution in [0.25, 0.3) is 0 Å². The second-order valence-electron chi connectivity index (χ2n) is 9.09.